The Kier molecular flexibility index (Phi) is 5.78. The van der Waals surface area contributed by atoms with Gasteiger partial charge in [-0.15, -0.1) is 11.3 Å². The largest absolute Gasteiger partial charge is 0.490 e. The van der Waals surface area contributed by atoms with Gasteiger partial charge < -0.3 is 14.0 Å². The molecule has 0 aliphatic rings. The predicted octanol–water partition coefficient (Wildman–Crippen LogP) is 4.86. The number of benzene rings is 1. The Morgan fingerprint density at radius 1 is 1.37 bits per heavy atom. The zero-order valence-electron chi connectivity index (χ0n) is 14.1. The number of rotatable bonds is 7. The van der Waals surface area contributed by atoms with Crippen molar-refractivity contribution in [2.24, 2.45) is 0 Å². The Balaban J connectivity index is 1.91. The molecule has 138 valence electrons. The maximum absolute atomic E-state index is 12.5. The van der Waals surface area contributed by atoms with Gasteiger partial charge in [-0.3, -0.25) is 0 Å². The van der Waals surface area contributed by atoms with Crippen LogP contribution < -0.4 is 9.47 Å². The Morgan fingerprint density at radius 2 is 2.22 bits per heavy atom. The predicted molar refractivity (Wildman–Crippen MR) is 95.3 cm³/mol. The number of ether oxygens (including phenoxy) is 2. The molecule has 0 aliphatic heterocycles. The molecular weight excluding hydrogens is 376 g/mol. The van der Waals surface area contributed by atoms with Crippen LogP contribution in [-0.2, 0) is 0 Å². The highest BCUT2D eigenvalue weighted by atomic mass is 32.1. The number of nitrogens with zero attached hydrogens (tertiary/aromatic N) is 3. The number of alkyl halides is 2. The summed E-state index contributed by atoms with van der Waals surface area (Å²) in [6, 6.07) is 10.1. The number of aromatic nitrogens is 2. The lowest BCUT2D eigenvalue weighted by atomic mass is 10.1. The minimum atomic E-state index is -2.96. The lowest BCUT2D eigenvalue weighted by molar-refractivity contribution is -0.0514. The first-order chi connectivity index (χ1) is 13.1. The fourth-order valence-corrected chi connectivity index (χ4v) is 2.87. The van der Waals surface area contributed by atoms with Crippen molar-refractivity contribution in [3.05, 3.63) is 47.2 Å². The van der Waals surface area contributed by atoms with E-state index in [1.54, 1.807) is 6.92 Å². The second-order valence-electron chi connectivity index (χ2n) is 5.09. The molecule has 2 aromatic heterocycles. The number of nitriles is 1. The first-order valence-electron chi connectivity index (χ1n) is 7.82. The normalized spacial score (nSPS) is 11.4. The van der Waals surface area contributed by atoms with E-state index < -0.39 is 6.61 Å². The average molecular weight is 389 g/mol. The summed E-state index contributed by atoms with van der Waals surface area (Å²) in [5, 5.41) is 15.2. The van der Waals surface area contributed by atoms with Crippen LogP contribution >= 0.6 is 11.3 Å². The van der Waals surface area contributed by atoms with Crippen LogP contribution in [0.4, 0.5) is 8.78 Å². The smallest absolute Gasteiger partial charge is 0.387 e. The Morgan fingerprint density at radius 3 is 2.89 bits per heavy atom. The van der Waals surface area contributed by atoms with Crippen LogP contribution in [0.3, 0.4) is 0 Å². The van der Waals surface area contributed by atoms with E-state index in [2.05, 4.69) is 14.9 Å². The monoisotopic (exact) mass is 389 g/mol. The molecule has 0 N–H and O–H groups in total. The Labute approximate surface area is 157 Å². The highest BCUT2D eigenvalue weighted by Crippen LogP contribution is 2.31. The van der Waals surface area contributed by atoms with Gasteiger partial charge in [0.2, 0.25) is 5.82 Å². The van der Waals surface area contributed by atoms with Gasteiger partial charge in [0.25, 0.3) is 5.89 Å². The second-order valence-corrected chi connectivity index (χ2v) is 6.04. The van der Waals surface area contributed by atoms with Crippen molar-refractivity contribution < 1.29 is 22.8 Å². The Hall–Kier alpha value is -3.25. The molecular formula is C18H13F2N3O3S. The van der Waals surface area contributed by atoms with Crippen LogP contribution in [0.2, 0.25) is 0 Å². The van der Waals surface area contributed by atoms with Crippen molar-refractivity contribution in [3.8, 4) is 28.3 Å². The quantitative estimate of drug-likeness (QED) is 0.537. The number of hydrogen-bond acceptors (Lipinski definition) is 7. The van der Waals surface area contributed by atoms with Crippen LogP contribution in [0.1, 0.15) is 18.4 Å². The summed E-state index contributed by atoms with van der Waals surface area (Å²) in [5.74, 6) is 0.512. The third-order valence-electron chi connectivity index (χ3n) is 3.31. The lowest BCUT2D eigenvalue weighted by Gasteiger charge is -2.11. The van der Waals surface area contributed by atoms with Crippen molar-refractivity contribution in [2.45, 2.75) is 13.5 Å². The van der Waals surface area contributed by atoms with Gasteiger partial charge in [-0.1, -0.05) is 17.3 Å². The fourth-order valence-electron chi connectivity index (χ4n) is 2.22. The summed E-state index contributed by atoms with van der Waals surface area (Å²) in [5.41, 5.74) is 0.669. The molecule has 1 aromatic carbocycles. The standard InChI is InChI=1S/C18H13F2N3O3S/c1-2-24-14-9-11(5-6-13(14)25-18(19)20)8-12(10-21)17-22-16(23-26-17)15-4-3-7-27-15/h3-9,18H,2H2,1H3/b12-8+. The molecule has 0 saturated carbocycles. The Bertz CT molecular complexity index is 978. The maximum atomic E-state index is 12.5. The molecule has 27 heavy (non-hydrogen) atoms. The van der Waals surface area contributed by atoms with Crippen LogP contribution in [0, 0.1) is 11.3 Å². The molecule has 2 heterocycles. The number of thiophene rings is 1. The number of allylic oxidation sites excluding steroid dienone is 1. The van der Waals surface area contributed by atoms with E-state index in [-0.39, 0.29) is 29.6 Å². The van der Waals surface area contributed by atoms with Crippen molar-refractivity contribution in [2.75, 3.05) is 6.61 Å². The summed E-state index contributed by atoms with van der Waals surface area (Å²) in [6.07, 6.45) is 1.50. The molecule has 0 amide bonds. The van der Waals surface area contributed by atoms with Crippen molar-refractivity contribution in [1.82, 2.24) is 10.1 Å². The molecule has 0 atom stereocenters. The van der Waals surface area contributed by atoms with E-state index in [0.717, 1.165) is 4.88 Å². The van der Waals surface area contributed by atoms with Crippen LogP contribution in [0.25, 0.3) is 22.4 Å². The molecule has 6 nitrogen and oxygen atoms in total. The van der Waals surface area contributed by atoms with Gasteiger partial charge in [0.1, 0.15) is 11.6 Å². The van der Waals surface area contributed by atoms with Gasteiger partial charge >= 0.3 is 6.61 Å². The highest BCUT2D eigenvalue weighted by Gasteiger charge is 2.15. The summed E-state index contributed by atoms with van der Waals surface area (Å²) in [6.45, 7) is -0.972. The topological polar surface area (TPSA) is 81.2 Å². The maximum Gasteiger partial charge on any atom is 0.387 e. The second kappa shape index (κ2) is 8.42. The number of halogens is 2. The van der Waals surface area contributed by atoms with E-state index in [9.17, 15) is 14.0 Å². The molecule has 0 fully saturated rings. The summed E-state index contributed by atoms with van der Waals surface area (Å²) >= 11 is 1.45. The molecule has 0 unspecified atom stereocenters. The van der Waals surface area contributed by atoms with Crippen molar-refractivity contribution in [1.29, 1.82) is 5.26 Å². The van der Waals surface area contributed by atoms with E-state index in [0.29, 0.717) is 11.4 Å². The van der Waals surface area contributed by atoms with Gasteiger partial charge in [-0.25, -0.2) is 0 Å². The lowest BCUT2D eigenvalue weighted by Crippen LogP contribution is -2.04. The highest BCUT2D eigenvalue weighted by molar-refractivity contribution is 7.13. The minimum absolute atomic E-state index is 0.0618. The zero-order chi connectivity index (χ0) is 19.2. The van der Waals surface area contributed by atoms with Gasteiger partial charge in [0, 0.05) is 0 Å². The number of hydrogen-bond donors (Lipinski definition) is 0. The molecule has 0 bridgehead atoms. The van der Waals surface area contributed by atoms with E-state index in [1.165, 1.54) is 35.6 Å². The summed E-state index contributed by atoms with van der Waals surface area (Å²) in [7, 11) is 0. The van der Waals surface area contributed by atoms with Crippen molar-refractivity contribution >= 4 is 23.0 Å². The van der Waals surface area contributed by atoms with E-state index in [1.807, 2.05) is 23.6 Å². The summed E-state index contributed by atoms with van der Waals surface area (Å²) in [4.78, 5) is 5.04. The fraction of sp³-hybridized carbons (Fsp3) is 0.167. The molecule has 0 aliphatic carbocycles. The molecule has 9 heteroatoms. The molecule has 0 saturated heterocycles. The molecule has 0 spiro atoms. The first kappa shape index (κ1) is 18.5. The van der Waals surface area contributed by atoms with Crippen LogP contribution in [-0.4, -0.2) is 23.4 Å². The van der Waals surface area contributed by atoms with Gasteiger partial charge in [0.05, 0.1) is 11.5 Å². The zero-order valence-corrected chi connectivity index (χ0v) is 14.9. The minimum Gasteiger partial charge on any atom is -0.490 e. The van der Waals surface area contributed by atoms with E-state index in [4.69, 9.17) is 9.26 Å². The third-order valence-corrected chi connectivity index (χ3v) is 4.18. The van der Waals surface area contributed by atoms with Crippen molar-refractivity contribution in [3.63, 3.8) is 0 Å². The summed E-state index contributed by atoms with van der Waals surface area (Å²) < 4.78 is 39.9. The van der Waals surface area contributed by atoms with Gasteiger partial charge in [0.15, 0.2) is 11.5 Å². The molecule has 3 aromatic rings. The SMILES string of the molecule is CCOc1cc(/C=C(\C#N)c2nc(-c3cccs3)no2)ccc1OC(F)F. The van der Waals surface area contributed by atoms with Gasteiger partial charge in [-0.05, 0) is 42.1 Å². The van der Waals surface area contributed by atoms with E-state index >= 15 is 0 Å². The van der Waals surface area contributed by atoms with Crippen LogP contribution in [0.5, 0.6) is 11.5 Å². The average Bonchev–Trinajstić information content (AvgIpc) is 3.33. The third kappa shape index (κ3) is 4.48. The first-order valence-corrected chi connectivity index (χ1v) is 8.70. The van der Waals surface area contributed by atoms with Crippen LogP contribution in [0.15, 0.2) is 40.2 Å². The van der Waals surface area contributed by atoms with Gasteiger partial charge in [-0.2, -0.15) is 19.0 Å². The molecule has 0 radical (unpaired) electrons. The molecule has 3 rings (SSSR count).